The van der Waals surface area contributed by atoms with Crippen molar-refractivity contribution in [1.29, 1.82) is 0 Å². The first-order valence-electron chi connectivity index (χ1n) is 5.55. The third-order valence-corrected chi connectivity index (χ3v) is 2.81. The molecule has 18 heavy (non-hydrogen) atoms. The van der Waals surface area contributed by atoms with E-state index >= 15 is 0 Å². The van der Waals surface area contributed by atoms with Crippen LogP contribution in [0.4, 0.5) is 0 Å². The van der Waals surface area contributed by atoms with Gasteiger partial charge >= 0.3 is 0 Å². The molecule has 0 radical (unpaired) electrons. The second-order valence-corrected chi connectivity index (χ2v) is 3.92. The normalized spacial score (nSPS) is 11.3. The summed E-state index contributed by atoms with van der Waals surface area (Å²) in [5.41, 5.74) is 2.98. The molecule has 0 fully saturated rings. The minimum Gasteiger partial charge on any atom is -0.434 e. The van der Waals surface area contributed by atoms with Crippen molar-refractivity contribution < 1.29 is 4.42 Å². The van der Waals surface area contributed by atoms with Gasteiger partial charge in [0.15, 0.2) is 11.2 Å². The fourth-order valence-corrected chi connectivity index (χ4v) is 2.00. The highest BCUT2D eigenvalue weighted by Gasteiger charge is 2.12. The van der Waals surface area contributed by atoms with Gasteiger partial charge in [-0.15, -0.1) is 0 Å². The number of hydrogen-bond acceptors (Lipinski definition) is 4. The molecule has 0 bridgehead atoms. The van der Waals surface area contributed by atoms with Gasteiger partial charge in [0.05, 0.1) is 5.56 Å². The number of oxazole rings is 1. The molecule has 0 amide bonds. The van der Waals surface area contributed by atoms with Gasteiger partial charge in [-0.05, 0) is 24.3 Å². The maximum atomic E-state index is 5.70. The van der Waals surface area contributed by atoms with Crippen LogP contribution in [0.2, 0.25) is 0 Å². The van der Waals surface area contributed by atoms with Crippen molar-refractivity contribution in [3.05, 3.63) is 49.1 Å². The Morgan fingerprint density at radius 1 is 1.00 bits per heavy atom. The molecule has 4 aromatic heterocycles. The molecule has 5 heteroatoms. The fourth-order valence-electron chi connectivity index (χ4n) is 2.00. The van der Waals surface area contributed by atoms with E-state index in [-0.39, 0.29) is 0 Å². The first-order valence-corrected chi connectivity index (χ1v) is 5.55. The van der Waals surface area contributed by atoms with E-state index in [4.69, 9.17) is 4.42 Å². The van der Waals surface area contributed by atoms with Crippen molar-refractivity contribution in [2.45, 2.75) is 0 Å². The summed E-state index contributed by atoms with van der Waals surface area (Å²) in [4.78, 5) is 12.9. The zero-order chi connectivity index (χ0) is 11.9. The SMILES string of the molecule is c1cnc2nc(-c3cccn4ccnc34)oc2c1. The zero-order valence-corrected chi connectivity index (χ0v) is 9.32. The van der Waals surface area contributed by atoms with Crippen LogP contribution in [0.25, 0.3) is 28.3 Å². The summed E-state index contributed by atoms with van der Waals surface area (Å²) in [7, 11) is 0. The lowest BCUT2D eigenvalue weighted by atomic mass is 10.2. The van der Waals surface area contributed by atoms with Crippen LogP contribution in [0.3, 0.4) is 0 Å². The van der Waals surface area contributed by atoms with Crippen molar-refractivity contribution in [1.82, 2.24) is 19.4 Å². The number of imidazole rings is 1. The summed E-state index contributed by atoms with van der Waals surface area (Å²) >= 11 is 0. The molecule has 5 nitrogen and oxygen atoms in total. The summed E-state index contributed by atoms with van der Waals surface area (Å²) in [6, 6.07) is 7.55. The largest absolute Gasteiger partial charge is 0.434 e. The molecule has 0 unspecified atom stereocenters. The van der Waals surface area contributed by atoms with Gasteiger partial charge < -0.3 is 8.82 Å². The molecule has 86 valence electrons. The number of hydrogen-bond donors (Lipinski definition) is 0. The number of nitrogens with zero attached hydrogens (tertiary/aromatic N) is 4. The van der Waals surface area contributed by atoms with Gasteiger partial charge in [0.2, 0.25) is 5.89 Å². The molecule has 0 atom stereocenters. The Hall–Kier alpha value is -2.69. The van der Waals surface area contributed by atoms with Crippen LogP contribution in [0.15, 0.2) is 53.5 Å². The smallest absolute Gasteiger partial charge is 0.232 e. The molecule has 0 aliphatic heterocycles. The molecule has 0 spiro atoms. The Morgan fingerprint density at radius 3 is 2.94 bits per heavy atom. The maximum absolute atomic E-state index is 5.70. The topological polar surface area (TPSA) is 56.2 Å². The third-order valence-electron chi connectivity index (χ3n) is 2.81. The molecule has 0 saturated heterocycles. The highest BCUT2D eigenvalue weighted by molar-refractivity contribution is 5.77. The Kier molecular flexibility index (Phi) is 1.77. The maximum Gasteiger partial charge on any atom is 0.232 e. The van der Waals surface area contributed by atoms with Crippen molar-refractivity contribution in [3.63, 3.8) is 0 Å². The second-order valence-electron chi connectivity index (χ2n) is 3.92. The highest BCUT2D eigenvalue weighted by atomic mass is 16.3. The molecule has 4 aromatic rings. The molecular formula is C13H8N4O. The Balaban J connectivity index is 2.04. The summed E-state index contributed by atoms with van der Waals surface area (Å²) < 4.78 is 7.63. The lowest BCUT2D eigenvalue weighted by molar-refractivity contribution is 0.620. The van der Waals surface area contributed by atoms with Gasteiger partial charge in [-0.1, -0.05) is 0 Å². The predicted molar refractivity (Wildman–Crippen MR) is 66.0 cm³/mol. The van der Waals surface area contributed by atoms with E-state index in [2.05, 4.69) is 15.0 Å². The van der Waals surface area contributed by atoms with Crippen LogP contribution in [-0.4, -0.2) is 19.4 Å². The van der Waals surface area contributed by atoms with Crippen molar-refractivity contribution in [2.24, 2.45) is 0 Å². The average Bonchev–Trinajstić information content (AvgIpc) is 3.04. The van der Waals surface area contributed by atoms with Gasteiger partial charge in [-0.2, -0.15) is 4.98 Å². The van der Waals surface area contributed by atoms with Crippen LogP contribution in [0.1, 0.15) is 0 Å². The summed E-state index contributed by atoms with van der Waals surface area (Å²) in [5, 5.41) is 0. The zero-order valence-electron chi connectivity index (χ0n) is 9.32. The van der Waals surface area contributed by atoms with E-state index in [0.29, 0.717) is 17.1 Å². The minimum atomic E-state index is 0.542. The van der Waals surface area contributed by atoms with Crippen LogP contribution < -0.4 is 0 Å². The van der Waals surface area contributed by atoms with E-state index in [0.717, 1.165) is 11.2 Å². The van der Waals surface area contributed by atoms with Gasteiger partial charge in [-0.25, -0.2) is 9.97 Å². The predicted octanol–water partition coefficient (Wildman–Crippen LogP) is 2.54. The molecule has 4 heterocycles. The summed E-state index contributed by atoms with van der Waals surface area (Å²) in [6.07, 6.45) is 7.27. The number of rotatable bonds is 1. The van der Waals surface area contributed by atoms with Crippen molar-refractivity contribution in [2.75, 3.05) is 0 Å². The first kappa shape index (κ1) is 9.35. The number of aromatic nitrogens is 4. The fraction of sp³-hybridized carbons (Fsp3) is 0. The molecule has 0 aromatic carbocycles. The summed E-state index contributed by atoms with van der Waals surface area (Å²) in [5.74, 6) is 0.542. The van der Waals surface area contributed by atoms with Gasteiger partial charge in [-0.3, -0.25) is 0 Å². The van der Waals surface area contributed by atoms with E-state index < -0.39 is 0 Å². The van der Waals surface area contributed by atoms with Crippen LogP contribution in [-0.2, 0) is 0 Å². The van der Waals surface area contributed by atoms with E-state index in [1.807, 2.05) is 41.1 Å². The van der Waals surface area contributed by atoms with Gasteiger partial charge in [0.1, 0.15) is 5.65 Å². The monoisotopic (exact) mass is 236 g/mol. The van der Waals surface area contributed by atoms with Crippen LogP contribution >= 0.6 is 0 Å². The van der Waals surface area contributed by atoms with Crippen molar-refractivity contribution >= 4 is 16.9 Å². The average molecular weight is 236 g/mol. The standard InChI is InChI=1S/C13H8N4O/c1-4-10-11(14-5-1)16-13(18-10)9-3-2-7-17-8-6-15-12(9)17/h1-8H. The van der Waals surface area contributed by atoms with Gasteiger partial charge in [0.25, 0.3) is 0 Å². The second kappa shape index (κ2) is 3.40. The molecule has 0 saturated carbocycles. The molecular weight excluding hydrogens is 228 g/mol. The van der Waals surface area contributed by atoms with E-state index in [1.165, 1.54) is 0 Å². The van der Waals surface area contributed by atoms with Gasteiger partial charge in [0, 0.05) is 24.8 Å². The molecule has 0 N–H and O–H groups in total. The van der Waals surface area contributed by atoms with Crippen LogP contribution in [0, 0.1) is 0 Å². The molecule has 0 aliphatic carbocycles. The molecule has 4 rings (SSSR count). The number of pyridine rings is 2. The molecule has 0 aliphatic rings. The third kappa shape index (κ3) is 1.24. The summed E-state index contributed by atoms with van der Waals surface area (Å²) in [6.45, 7) is 0. The lowest BCUT2D eigenvalue weighted by Crippen LogP contribution is -1.87. The van der Waals surface area contributed by atoms with E-state index in [1.54, 1.807) is 12.4 Å². The number of fused-ring (bicyclic) bond motifs is 2. The lowest BCUT2D eigenvalue weighted by Gasteiger charge is -1.97. The first-order chi connectivity index (χ1) is 8.92. The Morgan fingerprint density at radius 2 is 2.00 bits per heavy atom. The Labute approximate surface area is 102 Å². The minimum absolute atomic E-state index is 0.542. The van der Waals surface area contributed by atoms with Crippen molar-refractivity contribution in [3.8, 4) is 11.5 Å². The Bertz CT molecular complexity index is 813. The van der Waals surface area contributed by atoms with Crippen LogP contribution in [0.5, 0.6) is 0 Å². The van der Waals surface area contributed by atoms with E-state index in [9.17, 15) is 0 Å². The highest BCUT2D eigenvalue weighted by Crippen LogP contribution is 2.25. The quantitative estimate of drug-likeness (QED) is 0.509.